The van der Waals surface area contributed by atoms with Crippen molar-refractivity contribution in [2.45, 2.75) is 19.3 Å². The molecule has 0 saturated carbocycles. The summed E-state index contributed by atoms with van der Waals surface area (Å²) in [6.07, 6.45) is 1.21. The van der Waals surface area contributed by atoms with Crippen molar-refractivity contribution in [2.75, 3.05) is 13.0 Å². The number of rotatable bonds is 7. The molecular weight excluding hydrogens is 294 g/mol. The number of hydrogen-bond donors (Lipinski definition) is 1. The fourth-order valence-corrected chi connectivity index (χ4v) is 2.13. The van der Waals surface area contributed by atoms with Gasteiger partial charge < -0.3 is 9.84 Å². The van der Waals surface area contributed by atoms with Crippen LogP contribution in [0.5, 0.6) is 5.75 Å². The lowest BCUT2D eigenvalue weighted by Gasteiger charge is -2.15. The van der Waals surface area contributed by atoms with Crippen LogP contribution in [0.2, 0.25) is 5.02 Å². The van der Waals surface area contributed by atoms with E-state index in [2.05, 4.69) is 0 Å². The van der Waals surface area contributed by atoms with Gasteiger partial charge in [0.15, 0.2) is 0 Å². The first-order valence-corrected chi connectivity index (χ1v) is 6.71. The number of ether oxygens (including phenoxy) is 1. The minimum absolute atomic E-state index is 0.0479. The average molecular weight is 309 g/mol. The lowest BCUT2D eigenvalue weighted by atomic mass is 9.94. The van der Waals surface area contributed by atoms with E-state index in [-0.39, 0.29) is 11.4 Å². The van der Waals surface area contributed by atoms with E-state index in [0.29, 0.717) is 30.0 Å². The quantitative estimate of drug-likeness (QED) is 0.780. The first kappa shape index (κ1) is 16.1. The molecule has 19 heavy (non-hydrogen) atoms. The molecule has 1 rings (SSSR count). The highest BCUT2D eigenvalue weighted by Crippen LogP contribution is 2.29. The van der Waals surface area contributed by atoms with Gasteiger partial charge in [-0.3, -0.25) is 4.79 Å². The molecule has 0 aliphatic carbocycles. The number of aliphatic carboxylic acids is 1. The number of carbonyl (C=O) groups is 1. The fourth-order valence-electron chi connectivity index (χ4n) is 1.82. The highest BCUT2D eigenvalue weighted by molar-refractivity contribution is 6.30. The number of benzene rings is 1. The highest BCUT2D eigenvalue weighted by Gasteiger charge is 2.20. The van der Waals surface area contributed by atoms with Crippen LogP contribution >= 0.6 is 23.2 Å². The van der Waals surface area contributed by atoms with Crippen molar-refractivity contribution in [3.05, 3.63) is 28.5 Å². The second-order valence-electron chi connectivity index (χ2n) is 4.15. The zero-order valence-corrected chi connectivity index (χ0v) is 12.0. The molecule has 0 bridgehead atoms. The molecule has 0 aromatic heterocycles. The molecule has 0 aliphatic rings. The van der Waals surface area contributed by atoms with E-state index in [4.69, 9.17) is 33.0 Å². The number of methoxy groups -OCH3 is 1. The predicted octanol–water partition coefficient (Wildman–Crippen LogP) is 3.75. The number of halogens is 3. The molecule has 1 aromatic rings. The van der Waals surface area contributed by atoms with Crippen molar-refractivity contribution in [3.8, 4) is 5.75 Å². The molecule has 0 spiro atoms. The average Bonchev–Trinajstić information content (AvgIpc) is 2.37. The topological polar surface area (TPSA) is 46.5 Å². The van der Waals surface area contributed by atoms with Crippen LogP contribution < -0.4 is 4.74 Å². The molecule has 106 valence electrons. The van der Waals surface area contributed by atoms with Crippen LogP contribution in [0.15, 0.2) is 12.1 Å². The Balaban J connectivity index is 2.94. The molecule has 0 heterocycles. The van der Waals surface area contributed by atoms with Crippen LogP contribution in [0.25, 0.3) is 0 Å². The van der Waals surface area contributed by atoms with Gasteiger partial charge in [0.2, 0.25) is 0 Å². The zero-order chi connectivity index (χ0) is 14.4. The Morgan fingerprint density at radius 2 is 2.21 bits per heavy atom. The minimum Gasteiger partial charge on any atom is -0.496 e. The molecular formula is C13H15Cl2FO3. The van der Waals surface area contributed by atoms with Crippen molar-refractivity contribution in [3.63, 3.8) is 0 Å². The maximum absolute atomic E-state index is 13.4. The van der Waals surface area contributed by atoms with Crippen LogP contribution in [-0.4, -0.2) is 24.1 Å². The van der Waals surface area contributed by atoms with Gasteiger partial charge in [0.05, 0.1) is 18.1 Å². The Bertz CT molecular complexity index is 452. The largest absolute Gasteiger partial charge is 0.496 e. The summed E-state index contributed by atoms with van der Waals surface area (Å²) < 4.78 is 18.5. The van der Waals surface area contributed by atoms with E-state index in [1.807, 2.05) is 0 Å². The van der Waals surface area contributed by atoms with E-state index in [1.165, 1.54) is 19.2 Å². The Kier molecular flexibility index (Phi) is 6.38. The van der Waals surface area contributed by atoms with Crippen LogP contribution in [0.3, 0.4) is 0 Å². The monoisotopic (exact) mass is 308 g/mol. The third-order valence-electron chi connectivity index (χ3n) is 2.83. The molecule has 1 N–H and O–H groups in total. The van der Waals surface area contributed by atoms with Gasteiger partial charge in [-0.2, -0.15) is 0 Å². The van der Waals surface area contributed by atoms with Crippen LogP contribution in [0.1, 0.15) is 18.4 Å². The third-order valence-corrected chi connectivity index (χ3v) is 3.38. The van der Waals surface area contributed by atoms with Gasteiger partial charge in [0.25, 0.3) is 0 Å². The number of hydrogen-bond acceptors (Lipinski definition) is 2. The number of alkyl halides is 1. The molecule has 1 unspecified atom stereocenters. The van der Waals surface area contributed by atoms with Crippen molar-refractivity contribution < 1.29 is 19.0 Å². The van der Waals surface area contributed by atoms with Gasteiger partial charge in [0.1, 0.15) is 11.6 Å². The van der Waals surface area contributed by atoms with E-state index in [0.717, 1.165) is 0 Å². The molecule has 0 radical (unpaired) electrons. The van der Waals surface area contributed by atoms with Gasteiger partial charge >= 0.3 is 5.97 Å². The molecule has 1 atom stereocenters. The molecule has 3 nitrogen and oxygen atoms in total. The van der Waals surface area contributed by atoms with Gasteiger partial charge in [-0.15, -0.1) is 11.6 Å². The number of carboxylic acids is 1. The third kappa shape index (κ3) is 4.55. The summed E-state index contributed by atoms with van der Waals surface area (Å²) in [5.74, 6) is -1.34. The molecule has 1 aromatic carbocycles. The second-order valence-corrected chi connectivity index (χ2v) is 4.93. The van der Waals surface area contributed by atoms with Crippen molar-refractivity contribution in [1.82, 2.24) is 0 Å². The Labute approximate surface area is 121 Å². The summed E-state index contributed by atoms with van der Waals surface area (Å²) in [6.45, 7) is 0. The van der Waals surface area contributed by atoms with Gasteiger partial charge in [-0.05, 0) is 30.9 Å². The standard InChI is InChI=1S/C13H15Cl2FO3/c1-19-12-7-10(15)11(16)6-9(12)5-8(13(17)18)3-2-4-14/h6-8H,2-5H2,1H3,(H,17,18). The first-order chi connectivity index (χ1) is 8.99. The van der Waals surface area contributed by atoms with Gasteiger partial charge in [-0.25, -0.2) is 4.39 Å². The van der Waals surface area contributed by atoms with Crippen LogP contribution in [-0.2, 0) is 11.2 Å². The Morgan fingerprint density at radius 1 is 1.53 bits per heavy atom. The van der Waals surface area contributed by atoms with Gasteiger partial charge in [0, 0.05) is 11.9 Å². The smallest absolute Gasteiger partial charge is 0.306 e. The first-order valence-electron chi connectivity index (χ1n) is 5.80. The van der Waals surface area contributed by atoms with E-state index in [9.17, 15) is 9.18 Å². The highest BCUT2D eigenvalue weighted by atomic mass is 35.5. The molecule has 0 saturated heterocycles. The fraction of sp³-hybridized carbons (Fsp3) is 0.462. The second kappa shape index (κ2) is 7.56. The molecule has 6 heteroatoms. The van der Waals surface area contributed by atoms with E-state index >= 15 is 0 Å². The van der Waals surface area contributed by atoms with E-state index < -0.39 is 17.7 Å². The summed E-state index contributed by atoms with van der Waals surface area (Å²) in [7, 11) is 1.43. The normalized spacial score (nSPS) is 12.2. The summed E-state index contributed by atoms with van der Waals surface area (Å²) in [6, 6.07) is 2.57. The summed E-state index contributed by atoms with van der Waals surface area (Å²) >= 11 is 11.2. The molecule has 0 amide bonds. The molecule has 0 fully saturated rings. The van der Waals surface area contributed by atoms with Crippen LogP contribution in [0.4, 0.5) is 4.39 Å². The van der Waals surface area contributed by atoms with E-state index in [1.54, 1.807) is 0 Å². The van der Waals surface area contributed by atoms with Crippen molar-refractivity contribution >= 4 is 29.2 Å². The SMILES string of the molecule is COc1cc(Cl)c(F)cc1CC(CCCCl)C(=O)O. The van der Waals surface area contributed by atoms with Gasteiger partial charge in [-0.1, -0.05) is 11.6 Å². The Morgan fingerprint density at radius 3 is 2.74 bits per heavy atom. The number of carboxylic acid groups (broad SMARTS) is 1. The molecule has 0 aliphatic heterocycles. The van der Waals surface area contributed by atoms with Crippen LogP contribution in [0, 0.1) is 11.7 Å². The van der Waals surface area contributed by atoms with Crippen molar-refractivity contribution in [2.24, 2.45) is 5.92 Å². The maximum Gasteiger partial charge on any atom is 0.306 e. The summed E-state index contributed by atoms with van der Waals surface area (Å²) in [5, 5.41) is 9.10. The lowest BCUT2D eigenvalue weighted by Crippen LogP contribution is -2.17. The summed E-state index contributed by atoms with van der Waals surface area (Å²) in [5.41, 5.74) is 0.492. The minimum atomic E-state index is -0.928. The Hall–Kier alpha value is -1.00. The van der Waals surface area contributed by atoms with Crippen molar-refractivity contribution in [1.29, 1.82) is 0 Å². The zero-order valence-electron chi connectivity index (χ0n) is 10.5. The predicted molar refractivity (Wildman–Crippen MR) is 72.7 cm³/mol. The lowest BCUT2D eigenvalue weighted by molar-refractivity contribution is -0.141. The maximum atomic E-state index is 13.4. The summed E-state index contributed by atoms with van der Waals surface area (Å²) in [4.78, 5) is 11.2.